The van der Waals surface area contributed by atoms with E-state index in [1.807, 2.05) is 0 Å². The molecule has 1 aliphatic carbocycles. The van der Waals surface area contributed by atoms with E-state index in [1.165, 1.54) is 6.42 Å². The Balaban J connectivity index is 2.87. The Morgan fingerprint density at radius 3 is 2.00 bits per heavy atom. The second kappa shape index (κ2) is 2.04. The third kappa shape index (κ3) is 1.79. The van der Waals surface area contributed by atoms with Gasteiger partial charge in [0, 0.05) is 0 Å². The van der Waals surface area contributed by atoms with Crippen LogP contribution in [0.4, 0.5) is 0 Å². The van der Waals surface area contributed by atoms with Crippen molar-refractivity contribution < 1.29 is 13.6 Å². The molecule has 0 aromatic rings. The van der Waals surface area contributed by atoms with Crippen LogP contribution in [0.2, 0.25) is 22.1 Å². The summed E-state index contributed by atoms with van der Waals surface area (Å²) >= 11 is -2.28. The Morgan fingerprint density at radius 2 is 1.80 bits per heavy atom. The van der Waals surface area contributed by atoms with Crippen LogP contribution in [0.1, 0.15) is 6.42 Å². The van der Waals surface area contributed by atoms with E-state index in [0.29, 0.717) is 0 Å². The summed E-state index contributed by atoms with van der Waals surface area (Å²) in [6, 6.07) is 0. The zero-order chi connectivity index (χ0) is 7.85. The quantitative estimate of drug-likeness (QED) is 0.553. The maximum atomic E-state index is 2.49. The van der Waals surface area contributed by atoms with E-state index in [2.05, 4.69) is 40.3 Å². The molecular formula is C9H17Zn. The maximum absolute atomic E-state index is 2.49. The second-order valence-corrected chi connectivity index (χ2v) is 32.8. The van der Waals surface area contributed by atoms with Crippen LogP contribution in [-0.4, -0.2) is 0 Å². The molecule has 0 aliphatic heterocycles. The molecule has 1 aliphatic rings. The van der Waals surface area contributed by atoms with Crippen molar-refractivity contribution in [2.75, 3.05) is 0 Å². The van der Waals surface area contributed by atoms with Crippen molar-refractivity contribution in [2.24, 2.45) is 0 Å². The normalized spacial score (nSPS) is 19.5. The first-order valence-corrected chi connectivity index (χ1v) is 18.3. The average molecular weight is 191 g/mol. The first-order chi connectivity index (χ1) is 4.36. The first-order valence-electron chi connectivity index (χ1n) is 4.90. The van der Waals surface area contributed by atoms with Gasteiger partial charge in [0.1, 0.15) is 0 Å². The van der Waals surface area contributed by atoms with Crippen LogP contribution in [0.5, 0.6) is 0 Å². The van der Waals surface area contributed by atoms with Gasteiger partial charge < -0.3 is 0 Å². The summed E-state index contributed by atoms with van der Waals surface area (Å²) in [5.74, 6) is 0. The number of hydrogen-bond acceptors (Lipinski definition) is 0. The molecular weight excluding hydrogens is 173 g/mol. The van der Waals surface area contributed by atoms with Crippen molar-refractivity contribution in [1.29, 1.82) is 0 Å². The predicted molar refractivity (Wildman–Crippen MR) is 45.3 cm³/mol. The van der Waals surface area contributed by atoms with Crippen molar-refractivity contribution in [3.05, 3.63) is 22.4 Å². The van der Waals surface area contributed by atoms with Gasteiger partial charge in [-0.25, -0.2) is 0 Å². The monoisotopic (exact) mass is 189 g/mol. The molecule has 0 N–H and O–H groups in total. The standard InChI is InChI=1S/C5H5.4CH3.Zn/c1-2-4-5-3-1;;;;;/h1-3H,4H2;4*1H3;. The first kappa shape index (κ1) is 8.20. The summed E-state index contributed by atoms with van der Waals surface area (Å²) in [5, 5.41) is 0. The van der Waals surface area contributed by atoms with Crippen molar-refractivity contribution >= 4 is 0 Å². The molecule has 0 saturated carbocycles. The number of hydrogen-bond donors (Lipinski definition) is 0. The molecule has 1 heteroatoms. The fourth-order valence-electron chi connectivity index (χ4n) is 1.54. The molecule has 10 heavy (non-hydrogen) atoms. The van der Waals surface area contributed by atoms with E-state index in [9.17, 15) is 0 Å². The van der Waals surface area contributed by atoms with E-state index in [1.54, 1.807) is 4.17 Å². The fraction of sp³-hybridized carbons (Fsp3) is 0.556. The Hall–Kier alpha value is 0.103. The van der Waals surface area contributed by atoms with E-state index in [0.717, 1.165) is 0 Å². The van der Waals surface area contributed by atoms with Crippen LogP contribution < -0.4 is 0 Å². The summed E-state index contributed by atoms with van der Waals surface area (Å²) in [7, 11) is 0. The number of allylic oxidation sites excluding steroid dienone is 4. The van der Waals surface area contributed by atoms with E-state index in [4.69, 9.17) is 0 Å². The third-order valence-electron chi connectivity index (χ3n) is 2.66. The van der Waals surface area contributed by atoms with Gasteiger partial charge in [0.25, 0.3) is 0 Å². The Morgan fingerprint density at radius 1 is 1.20 bits per heavy atom. The molecule has 0 spiro atoms. The Kier molecular flexibility index (Phi) is 1.68. The summed E-state index contributed by atoms with van der Waals surface area (Å²) in [5.41, 5.74) is 9.97. The van der Waals surface area contributed by atoms with Gasteiger partial charge in [0.05, 0.1) is 0 Å². The summed E-state index contributed by atoms with van der Waals surface area (Å²) in [4.78, 5) is 0. The minimum absolute atomic E-state index is 1.23. The molecule has 0 amide bonds. The second-order valence-electron chi connectivity index (χ2n) is 7.11. The van der Waals surface area contributed by atoms with E-state index >= 15 is 0 Å². The summed E-state index contributed by atoms with van der Waals surface area (Å²) < 4.78 is 1.74. The topological polar surface area (TPSA) is 0 Å². The molecule has 0 atom stereocenters. The molecule has 0 nitrogen and oxygen atoms in total. The van der Waals surface area contributed by atoms with E-state index in [-0.39, 0.29) is 0 Å². The Bertz CT molecular complexity index is 191. The molecule has 0 aromatic carbocycles. The molecule has 0 heterocycles. The van der Waals surface area contributed by atoms with Gasteiger partial charge in [-0.1, -0.05) is 0 Å². The third-order valence-corrected chi connectivity index (χ3v) is 11.4. The van der Waals surface area contributed by atoms with Crippen molar-refractivity contribution in [3.8, 4) is 0 Å². The van der Waals surface area contributed by atoms with Crippen molar-refractivity contribution in [3.63, 3.8) is 0 Å². The van der Waals surface area contributed by atoms with Crippen LogP contribution in [0.3, 0.4) is 0 Å². The molecule has 0 saturated heterocycles. The predicted octanol–water partition coefficient (Wildman–Crippen LogP) is 3.71. The van der Waals surface area contributed by atoms with Crippen molar-refractivity contribution in [2.45, 2.75) is 28.5 Å². The van der Waals surface area contributed by atoms with Gasteiger partial charge in [0.2, 0.25) is 0 Å². The van der Waals surface area contributed by atoms with Gasteiger partial charge in [-0.2, -0.15) is 0 Å². The zero-order valence-corrected chi connectivity index (χ0v) is 10.6. The minimum atomic E-state index is -2.28. The van der Waals surface area contributed by atoms with Crippen LogP contribution >= 0.6 is 0 Å². The molecule has 0 fully saturated rings. The van der Waals surface area contributed by atoms with Crippen LogP contribution in [-0.2, 0) is 13.6 Å². The average Bonchev–Trinajstić information content (AvgIpc) is 2.04. The van der Waals surface area contributed by atoms with Gasteiger partial charge in [-0.05, 0) is 0 Å². The van der Waals surface area contributed by atoms with Crippen molar-refractivity contribution in [1.82, 2.24) is 0 Å². The SMILES string of the molecule is [CH3][Zn]([CH3])([CH3])([CH3])[C]1=CC=CC1. The fourth-order valence-corrected chi connectivity index (χ4v) is 6.58. The van der Waals surface area contributed by atoms with Crippen LogP contribution in [0, 0.1) is 0 Å². The van der Waals surface area contributed by atoms with Crippen LogP contribution in [0.25, 0.3) is 0 Å². The van der Waals surface area contributed by atoms with Gasteiger partial charge in [-0.15, -0.1) is 0 Å². The number of rotatable bonds is 1. The molecule has 1 rings (SSSR count). The molecule has 0 radical (unpaired) electrons. The van der Waals surface area contributed by atoms with Gasteiger partial charge in [0.15, 0.2) is 0 Å². The molecule has 0 aromatic heterocycles. The zero-order valence-electron chi connectivity index (χ0n) is 7.65. The molecule has 55 valence electrons. The Labute approximate surface area is 64.8 Å². The van der Waals surface area contributed by atoms with Crippen LogP contribution in [0.15, 0.2) is 22.4 Å². The molecule has 0 unspecified atom stereocenters. The van der Waals surface area contributed by atoms with E-state index < -0.39 is 13.6 Å². The van der Waals surface area contributed by atoms with Gasteiger partial charge >= 0.3 is 64.5 Å². The molecule has 0 bridgehead atoms. The van der Waals surface area contributed by atoms with Gasteiger partial charge in [-0.3, -0.25) is 0 Å². The summed E-state index contributed by atoms with van der Waals surface area (Å²) in [6.07, 6.45) is 8.03. The summed E-state index contributed by atoms with van der Waals surface area (Å²) in [6.45, 7) is 0.